The number of aromatic nitrogens is 2. The van der Waals surface area contributed by atoms with E-state index in [1.807, 2.05) is 4.72 Å². The Balaban J connectivity index is 1.78. The third-order valence-corrected chi connectivity index (χ3v) is 9.00. The average molecular weight is 594 g/mol. The van der Waals surface area contributed by atoms with Crippen LogP contribution in [0.2, 0.25) is 9.36 Å². The summed E-state index contributed by atoms with van der Waals surface area (Å²) in [6, 6.07) is 13.2. The van der Waals surface area contributed by atoms with Gasteiger partial charge >= 0.3 is 0 Å². The minimum absolute atomic E-state index is 0.0220. The third kappa shape index (κ3) is 4.85. The average Bonchev–Trinajstić information content (AvgIpc) is 3.43. The Morgan fingerprint density at radius 2 is 1.84 bits per heavy atom. The summed E-state index contributed by atoms with van der Waals surface area (Å²) in [7, 11) is -4.36. The molecule has 0 spiro atoms. The molecule has 0 atom stereocenters. The Labute approximate surface area is 228 Å². The standard InChI is InChI=1S/C25H15Cl2F2N3O4S2/c26-14-4-6-19-17(10-14)22(16-2-1-9-30-24(16)33)23(32(19)12-13-3-5-15(28)11-18(13)29)25(34)31-38(35,36)21-8-7-20(27)37-21/h1-11H,12H2,(H,30,33)(H,31,34). The maximum atomic E-state index is 14.7. The van der Waals surface area contributed by atoms with Gasteiger partial charge in [-0.1, -0.05) is 29.3 Å². The number of pyridine rings is 1. The van der Waals surface area contributed by atoms with Crippen LogP contribution in [0.4, 0.5) is 8.78 Å². The second-order valence-corrected chi connectivity index (χ2v) is 12.2. The van der Waals surface area contributed by atoms with E-state index in [9.17, 15) is 26.8 Å². The number of H-pyrrole nitrogens is 1. The second kappa shape index (κ2) is 9.99. The van der Waals surface area contributed by atoms with E-state index >= 15 is 0 Å². The number of hydrogen-bond donors (Lipinski definition) is 2. The van der Waals surface area contributed by atoms with E-state index in [1.54, 1.807) is 6.07 Å². The molecule has 0 aliphatic rings. The molecular formula is C25H15Cl2F2N3O4S2. The Morgan fingerprint density at radius 3 is 2.53 bits per heavy atom. The van der Waals surface area contributed by atoms with Crippen molar-refractivity contribution in [2.24, 2.45) is 0 Å². The van der Waals surface area contributed by atoms with Gasteiger partial charge in [0.1, 0.15) is 21.5 Å². The molecular weight excluding hydrogens is 579 g/mol. The van der Waals surface area contributed by atoms with E-state index in [0.717, 1.165) is 17.4 Å². The van der Waals surface area contributed by atoms with Crippen molar-refractivity contribution in [1.82, 2.24) is 14.3 Å². The number of thiophene rings is 1. The number of carbonyl (C=O) groups is 1. The molecule has 0 unspecified atom stereocenters. The van der Waals surface area contributed by atoms with Crippen molar-refractivity contribution in [2.75, 3.05) is 0 Å². The molecule has 194 valence electrons. The molecule has 5 rings (SSSR count). The lowest BCUT2D eigenvalue weighted by Gasteiger charge is -2.13. The first kappa shape index (κ1) is 26.1. The zero-order chi connectivity index (χ0) is 27.2. The van der Waals surface area contributed by atoms with Gasteiger partial charge in [0.25, 0.3) is 21.5 Å². The van der Waals surface area contributed by atoms with Crippen LogP contribution in [0.15, 0.2) is 75.9 Å². The van der Waals surface area contributed by atoms with Gasteiger partial charge in [-0.15, -0.1) is 11.3 Å². The molecule has 0 saturated heterocycles. The number of rotatable bonds is 6. The van der Waals surface area contributed by atoms with Gasteiger partial charge in [0.15, 0.2) is 0 Å². The van der Waals surface area contributed by atoms with Gasteiger partial charge in [-0.05, 0) is 48.5 Å². The first-order chi connectivity index (χ1) is 18.0. The summed E-state index contributed by atoms with van der Waals surface area (Å²) in [5, 5.41) is 0.627. The number of fused-ring (bicyclic) bond motifs is 1. The predicted molar refractivity (Wildman–Crippen MR) is 142 cm³/mol. The lowest BCUT2D eigenvalue weighted by Crippen LogP contribution is -2.32. The van der Waals surface area contributed by atoms with E-state index in [4.69, 9.17) is 23.2 Å². The minimum atomic E-state index is -4.36. The molecule has 0 aliphatic carbocycles. The molecule has 2 N–H and O–H groups in total. The molecule has 0 aliphatic heterocycles. The molecule has 0 fully saturated rings. The van der Waals surface area contributed by atoms with Gasteiger partial charge in [0.05, 0.1) is 10.9 Å². The van der Waals surface area contributed by atoms with Crippen LogP contribution in [0.3, 0.4) is 0 Å². The van der Waals surface area contributed by atoms with Crippen LogP contribution in [-0.4, -0.2) is 23.9 Å². The summed E-state index contributed by atoms with van der Waals surface area (Å²) in [4.78, 5) is 29.1. The molecule has 38 heavy (non-hydrogen) atoms. The molecule has 0 saturated carbocycles. The van der Waals surface area contributed by atoms with Crippen LogP contribution in [0.25, 0.3) is 22.0 Å². The van der Waals surface area contributed by atoms with Crippen LogP contribution in [0.5, 0.6) is 0 Å². The summed E-state index contributed by atoms with van der Waals surface area (Å²) in [6.45, 7) is -0.289. The number of nitrogens with zero attached hydrogens (tertiary/aromatic N) is 1. The van der Waals surface area contributed by atoms with Crippen LogP contribution in [0.1, 0.15) is 16.1 Å². The van der Waals surface area contributed by atoms with Crippen molar-refractivity contribution in [3.05, 3.63) is 109 Å². The lowest BCUT2D eigenvalue weighted by atomic mass is 10.0. The van der Waals surface area contributed by atoms with Crippen molar-refractivity contribution in [1.29, 1.82) is 0 Å². The normalized spacial score (nSPS) is 11.7. The molecule has 13 heteroatoms. The molecule has 7 nitrogen and oxygen atoms in total. The van der Waals surface area contributed by atoms with Gasteiger partial charge in [-0.3, -0.25) is 9.59 Å². The number of benzene rings is 2. The predicted octanol–water partition coefficient (Wildman–Crippen LogP) is 5.81. The summed E-state index contributed by atoms with van der Waals surface area (Å²) in [5.41, 5.74) is -0.272. The maximum absolute atomic E-state index is 14.7. The highest BCUT2D eigenvalue weighted by Gasteiger charge is 2.30. The first-order valence-electron chi connectivity index (χ1n) is 10.8. The fourth-order valence-corrected chi connectivity index (χ4v) is 6.71. The highest BCUT2D eigenvalue weighted by molar-refractivity contribution is 7.92. The molecule has 2 aromatic carbocycles. The Hall–Kier alpha value is -3.51. The van der Waals surface area contributed by atoms with Gasteiger partial charge in [-0.25, -0.2) is 21.9 Å². The van der Waals surface area contributed by atoms with Crippen molar-refractivity contribution < 1.29 is 22.0 Å². The van der Waals surface area contributed by atoms with Crippen LogP contribution >= 0.6 is 34.5 Å². The molecule has 0 radical (unpaired) electrons. The Kier molecular flexibility index (Phi) is 6.86. The van der Waals surface area contributed by atoms with Gasteiger partial charge in [0, 0.05) is 44.9 Å². The first-order valence-corrected chi connectivity index (χ1v) is 13.9. The number of sulfonamides is 1. The van der Waals surface area contributed by atoms with Gasteiger partial charge in [0.2, 0.25) is 0 Å². The number of carbonyl (C=O) groups excluding carboxylic acids is 1. The zero-order valence-electron chi connectivity index (χ0n) is 19.0. The van der Waals surface area contributed by atoms with Gasteiger partial charge < -0.3 is 9.55 Å². The van der Waals surface area contributed by atoms with E-state index in [0.29, 0.717) is 17.0 Å². The number of halogens is 4. The maximum Gasteiger partial charge on any atom is 0.282 e. The summed E-state index contributed by atoms with van der Waals surface area (Å²) in [6.07, 6.45) is 1.40. The smallest absolute Gasteiger partial charge is 0.282 e. The number of aromatic amines is 1. The lowest BCUT2D eigenvalue weighted by molar-refractivity contribution is 0.0974. The number of amides is 1. The molecule has 0 bridgehead atoms. The van der Waals surface area contributed by atoms with E-state index in [1.165, 1.54) is 53.2 Å². The van der Waals surface area contributed by atoms with E-state index in [-0.39, 0.29) is 42.5 Å². The minimum Gasteiger partial charge on any atom is -0.331 e. The molecule has 3 heterocycles. The summed E-state index contributed by atoms with van der Waals surface area (Å²) < 4.78 is 57.6. The van der Waals surface area contributed by atoms with Crippen LogP contribution in [-0.2, 0) is 16.6 Å². The monoisotopic (exact) mass is 593 g/mol. The van der Waals surface area contributed by atoms with Crippen molar-refractivity contribution in [3.8, 4) is 11.1 Å². The molecule has 5 aromatic rings. The Bertz CT molecular complexity index is 1900. The van der Waals surface area contributed by atoms with E-state index in [2.05, 4.69) is 4.98 Å². The van der Waals surface area contributed by atoms with Crippen molar-refractivity contribution in [2.45, 2.75) is 10.8 Å². The second-order valence-electron chi connectivity index (χ2n) is 8.11. The number of hydrogen-bond acceptors (Lipinski definition) is 5. The SMILES string of the molecule is O=C(NS(=O)(=O)c1ccc(Cl)s1)c1c(-c2ccc[nH]c2=O)c2cc(Cl)ccc2n1Cc1ccc(F)cc1F. The molecule has 1 amide bonds. The highest BCUT2D eigenvalue weighted by atomic mass is 35.5. The van der Waals surface area contributed by atoms with Crippen molar-refractivity contribution in [3.63, 3.8) is 0 Å². The number of nitrogens with one attached hydrogen (secondary N) is 2. The summed E-state index contributed by atoms with van der Waals surface area (Å²) in [5.74, 6) is -2.74. The van der Waals surface area contributed by atoms with E-state index < -0.39 is 33.1 Å². The van der Waals surface area contributed by atoms with Crippen molar-refractivity contribution >= 4 is 61.4 Å². The largest absolute Gasteiger partial charge is 0.331 e. The highest BCUT2D eigenvalue weighted by Crippen LogP contribution is 2.36. The fraction of sp³-hybridized carbons (Fsp3) is 0.0400. The molecule has 3 aromatic heterocycles. The van der Waals surface area contributed by atoms with Crippen LogP contribution < -0.4 is 10.3 Å². The summed E-state index contributed by atoms with van der Waals surface area (Å²) >= 11 is 12.9. The fourth-order valence-electron chi connectivity index (χ4n) is 4.10. The zero-order valence-corrected chi connectivity index (χ0v) is 22.1. The Morgan fingerprint density at radius 1 is 1.05 bits per heavy atom. The van der Waals surface area contributed by atoms with Crippen LogP contribution in [0, 0.1) is 11.6 Å². The quantitative estimate of drug-likeness (QED) is 0.259. The van der Waals surface area contributed by atoms with Gasteiger partial charge in [-0.2, -0.15) is 0 Å². The topological polar surface area (TPSA) is 101 Å². The third-order valence-electron chi connectivity index (χ3n) is 5.71.